The lowest BCUT2D eigenvalue weighted by Crippen LogP contribution is -2.56. The van der Waals surface area contributed by atoms with Crippen LogP contribution in [0.3, 0.4) is 0 Å². The van der Waals surface area contributed by atoms with E-state index in [1.807, 2.05) is 12.1 Å². The van der Waals surface area contributed by atoms with E-state index in [4.69, 9.17) is 25.7 Å². The average molecular weight is 786 g/mol. The van der Waals surface area contributed by atoms with Crippen molar-refractivity contribution in [1.29, 1.82) is 0 Å². The van der Waals surface area contributed by atoms with Gasteiger partial charge in [-0.1, -0.05) is 133 Å². The Hall–Kier alpha value is -6.99. The van der Waals surface area contributed by atoms with Crippen molar-refractivity contribution in [3.05, 3.63) is 173 Å². The molecule has 5 aromatic rings. The molecule has 0 aromatic heterocycles. The predicted octanol–water partition coefficient (Wildman–Crippen LogP) is 6.31. The van der Waals surface area contributed by atoms with E-state index in [9.17, 15) is 14.7 Å². The lowest BCUT2D eigenvalue weighted by Gasteiger charge is -2.40. The van der Waals surface area contributed by atoms with Crippen LogP contribution < -0.4 is 16.2 Å². The molecule has 0 radical (unpaired) electrons. The van der Waals surface area contributed by atoms with Crippen LogP contribution in [0.4, 0.5) is 9.59 Å². The van der Waals surface area contributed by atoms with Gasteiger partial charge in [-0.05, 0) is 52.8 Å². The third-order valence-electron chi connectivity index (χ3n) is 9.32. The minimum Gasteiger partial charge on any atom is -0.497 e. The number of nitrogens with zero attached hydrogens (tertiary/aromatic N) is 3. The minimum absolute atomic E-state index is 0.0399. The fourth-order valence-electron chi connectivity index (χ4n) is 6.47. The highest BCUT2D eigenvalue weighted by Crippen LogP contribution is 2.35. The van der Waals surface area contributed by atoms with Gasteiger partial charge >= 0.3 is 12.2 Å². The Morgan fingerprint density at radius 3 is 1.53 bits per heavy atom. The summed E-state index contributed by atoms with van der Waals surface area (Å²) in [7, 11) is 1.51. The van der Waals surface area contributed by atoms with Crippen molar-refractivity contribution in [3.63, 3.8) is 0 Å². The van der Waals surface area contributed by atoms with Crippen molar-refractivity contribution < 1.29 is 38.5 Å². The largest absolute Gasteiger partial charge is 0.497 e. The highest BCUT2D eigenvalue weighted by atomic mass is 16.6. The van der Waals surface area contributed by atoms with Crippen LogP contribution >= 0.6 is 0 Å². The monoisotopic (exact) mass is 785 g/mol. The number of aliphatic hydroxyl groups excluding tert-OH is 1. The molecule has 5 N–H and O–H groups in total. The quantitative estimate of drug-likeness (QED) is 0.0548. The van der Waals surface area contributed by atoms with E-state index in [-0.39, 0.29) is 43.5 Å². The number of hydrogen-bond donors (Lipinski definition) is 3. The summed E-state index contributed by atoms with van der Waals surface area (Å²) < 4.78 is 16.5. The fourth-order valence-corrected chi connectivity index (χ4v) is 6.47. The molecule has 58 heavy (non-hydrogen) atoms. The standard InChI is InChI=1S/C45H47N5O8/c1-56-37-26-24-34(25-27-37)39(29-51)49(42(53)40(35-19-10-4-11-20-35)36-21-12-5-13-22-36)38(23-14-28-48-43(46)47)41(52)50(44(54)57-30-32-15-6-2-7-16-32)45(55)58-31-33-17-8-3-9-18-33/h2-13,15-22,24-27,38-40,51H,14,23,28-31H2,1H3,(H4,46,47,48)/t38-,39?/m0/s1. The first kappa shape index (κ1) is 42.2. The summed E-state index contributed by atoms with van der Waals surface area (Å²) in [6, 6.07) is 39.3. The third-order valence-corrected chi connectivity index (χ3v) is 9.32. The van der Waals surface area contributed by atoms with Crippen LogP contribution in [0.15, 0.2) is 151 Å². The van der Waals surface area contributed by atoms with Gasteiger partial charge in [0.2, 0.25) is 5.91 Å². The number of aliphatic imine (C=N–C) groups is 1. The molecule has 0 bridgehead atoms. The van der Waals surface area contributed by atoms with Gasteiger partial charge in [-0.25, -0.2) is 9.59 Å². The molecule has 0 aliphatic carbocycles. The van der Waals surface area contributed by atoms with Crippen molar-refractivity contribution >= 4 is 30.0 Å². The number of carbonyl (C=O) groups excluding carboxylic acids is 4. The molecule has 0 aliphatic heterocycles. The number of hydrogen-bond acceptors (Lipinski definition) is 9. The maximum absolute atomic E-state index is 15.5. The summed E-state index contributed by atoms with van der Waals surface area (Å²) in [6.45, 7) is -1.16. The minimum atomic E-state index is -1.58. The number of benzene rings is 5. The van der Waals surface area contributed by atoms with Crippen molar-refractivity contribution in [2.24, 2.45) is 16.5 Å². The Morgan fingerprint density at radius 2 is 1.10 bits per heavy atom. The Morgan fingerprint density at radius 1 is 0.638 bits per heavy atom. The molecule has 4 amide bonds. The zero-order valence-corrected chi connectivity index (χ0v) is 32.1. The van der Waals surface area contributed by atoms with Gasteiger partial charge in [0.1, 0.15) is 25.0 Å². The van der Waals surface area contributed by atoms with Gasteiger partial charge < -0.3 is 35.7 Å². The second-order valence-corrected chi connectivity index (χ2v) is 13.2. The van der Waals surface area contributed by atoms with Gasteiger partial charge in [-0.3, -0.25) is 14.6 Å². The smallest absolute Gasteiger partial charge is 0.426 e. The number of carbonyl (C=O) groups is 4. The number of methoxy groups -OCH3 is 1. The molecular weight excluding hydrogens is 739 g/mol. The lowest BCUT2D eigenvalue weighted by molar-refractivity contribution is -0.148. The number of rotatable bonds is 17. The Balaban J connectivity index is 1.66. The summed E-state index contributed by atoms with van der Waals surface area (Å²) in [5, 5.41) is 11.2. The summed E-state index contributed by atoms with van der Waals surface area (Å²) >= 11 is 0. The van der Waals surface area contributed by atoms with Gasteiger partial charge in [-0.2, -0.15) is 0 Å². The van der Waals surface area contributed by atoms with Crippen LogP contribution in [0.5, 0.6) is 5.75 Å². The summed E-state index contributed by atoms with van der Waals surface area (Å²) in [5.74, 6) is -2.39. The first-order valence-electron chi connectivity index (χ1n) is 18.7. The normalized spacial score (nSPS) is 11.8. The average Bonchev–Trinajstić information content (AvgIpc) is 3.26. The number of ether oxygens (including phenoxy) is 3. The fraction of sp³-hybridized carbons (Fsp3) is 0.222. The highest BCUT2D eigenvalue weighted by Gasteiger charge is 2.45. The molecule has 2 atom stereocenters. The van der Waals surface area contributed by atoms with Crippen LogP contribution in [-0.2, 0) is 32.3 Å². The molecule has 0 saturated heterocycles. The van der Waals surface area contributed by atoms with E-state index >= 15 is 9.59 Å². The molecule has 300 valence electrons. The van der Waals surface area contributed by atoms with Crippen molar-refractivity contribution in [1.82, 2.24) is 9.80 Å². The molecule has 0 heterocycles. The molecule has 13 heteroatoms. The second kappa shape index (κ2) is 21.3. The predicted molar refractivity (Wildman–Crippen MR) is 218 cm³/mol. The third kappa shape index (κ3) is 11.3. The van der Waals surface area contributed by atoms with Crippen LogP contribution in [0.1, 0.15) is 52.6 Å². The number of nitrogens with two attached hydrogens (primary N) is 2. The molecule has 0 aliphatic rings. The van der Waals surface area contributed by atoms with Crippen molar-refractivity contribution in [2.45, 2.75) is 44.1 Å². The topological polar surface area (TPSA) is 187 Å². The zero-order valence-electron chi connectivity index (χ0n) is 32.1. The van der Waals surface area contributed by atoms with Crippen LogP contribution in [0.25, 0.3) is 0 Å². The lowest BCUT2D eigenvalue weighted by atomic mass is 9.88. The SMILES string of the molecule is COc1ccc(C(CO)N(C(=O)C(c2ccccc2)c2ccccc2)[C@@H](CCCN=C(N)N)C(=O)N(C(=O)OCc2ccccc2)C(=O)OCc2ccccc2)cc1. The maximum Gasteiger partial charge on any atom is 0.426 e. The first-order valence-corrected chi connectivity index (χ1v) is 18.7. The molecule has 0 spiro atoms. The van der Waals surface area contributed by atoms with Gasteiger partial charge in [0.25, 0.3) is 5.91 Å². The molecule has 0 fully saturated rings. The van der Waals surface area contributed by atoms with Gasteiger partial charge in [0.05, 0.1) is 25.7 Å². The van der Waals surface area contributed by atoms with E-state index in [1.54, 1.807) is 133 Å². The first-order chi connectivity index (χ1) is 28.2. The van der Waals surface area contributed by atoms with E-state index in [0.29, 0.717) is 33.6 Å². The van der Waals surface area contributed by atoms with Gasteiger partial charge in [0.15, 0.2) is 5.96 Å². The zero-order chi connectivity index (χ0) is 41.3. The van der Waals surface area contributed by atoms with E-state index in [2.05, 4.69) is 4.99 Å². The Bertz CT molecular complexity index is 2000. The molecule has 1 unspecified atom stereocenters. The molecule has 13 nitrogen and oxygen atoms in total. The van der Waals surface area contributed by atoms with E-state index in [0.717, 1.165) is 0 Å². The van der Waals surface area contributed by atoms with Crippen molar-refractivity contribution in [3.8, 4) is 5.75 Å². The second-order valence-electron chi connectivity index (χ2n) is 13.2. The Labute approximate surface area is 337 Å². The molecule has 5 rings (SSSR count). The number of guanidine groups is 1. The van der Waals surface area contributed by atoms with Crippen LogP contribution in [0.2, 0.25) is 0 Å². The summed E-state index contributed by atoms with van der Waals surface area (Å²) in [6.07, 6.45) is -2.67. The maximum atomic E-state index is 15.5. The number of amides is 4. The number of imide groups is 3. The summed E-state index contributed by atoms with van der Waals surface area (Å²) in [4.78, 5) is 64.4. The Kier molecular flexibility index (Phi) is 15.5. The van der Waals surface area contributed by atoms with E-state index < -0.39 is 48.6 Å². The number of aliphatic hydroxyl groups is 1. The summed E-state index contributed by atoms with van der Waals surface area (Å²) in [5.41, 5.74) is 14.1. The van der Waals surface area contributed by atoms with E-state index in [1.165, 1.54) is 12.0 Å². The van der Waals surface area contributed by atoms with Gasteiger partial charge in [-0.15, -0.1) is 4.90 Å². The van der Waals surface area contributed by atoms with Crippen LogP contribution in [-0.4, -0.2) is 71.2 Å². The van der Waals surface area contributed by atoms with Crippen LogP contribution in [0, 0.1) is 0 Å². The molecule has 0 saturated carbocycles. The molecular formula is C45H47N5O8. The highest BCUT2D eigenvalue weighted by molar-refractivity contribution is 6.09. The molecule has 5 aromatic carbocycles. The van der Waals surface area contributed by atoms with Crippen molar-refractivity contribution in [2.75, 3.05) is 20.3 Å². The van der Waals surface area contributed by atoms with Gasteiger partial charge in [0, 0.05) is 6.54 Å².